The average Bonchev–Trinajstić information content (AvgIpc) is 2.25. The Morgan fingerprint density at radius 3 is 2.88 bits per heavy atom. The molecule has 0 aliphatic heterocycles. The number of ether oxygens (including phenoxy) is 1. The number of likely N-dealkylation sites (N-methyl/N-ethyl adjacent to an activating group) is 1. The number of rotatable bonds is 7. The Morgan fingerprint density at radius 1 is 1.47 bits per heavy atom. The molecule has 0 radical (unpaired) electrons. The molecule has 0 saturated heterocycles. The zero-order chi connectivity index (χ0) is 12.7. The van der Waals surface area contributed by atoms with E-state index in [1.807, 2.05) is 20.2 Å². The Morgan fingerprint density at radius 2 is 2.24 bits per heavy atom. The normalized spacial score (nSPS) is 10.8. The predicted molar refractivity (Wildman–Crippen MR) is 74.2 cm³/mol. The fourth-order valence-electron chi connectivity index (χ4n) is 1.19. The van der Waals surface area contributed by atoms with Gasteiger partial charge in [-0.2, -0.15) is 0 Å². The first-order valence-electron chi connectivity index (χ1n) is 5.47. The van der Waals surface area contributed by atoms with E-state index < -0.39 is 0 Å². The molecule has 5 nitrogen and oxygen atoms in total. The summed E-state index contributed by atoms with van der Waals surface area (Å²) in [5.41, 5.74) is 6.43. The fraction of sp³-hybridized carbons (Fsp3) is 0.545. The number of anilines is 2. The summed E-state index contributed by atoms with van der Waals surface area (Å²) in [5.74, 6) is 0.699. The number of hydrogen-bond donors (Lipinski definition) is 2. The van der Waals surface area contributed by atoms with Crippen LogP contribution in [0.15, 0.2) is 16.7 Å². The van der Waals surface area contributed by atoms with Gasteiger partial charge in [0.15, 0.2) is 0 Å². The Balaban J connectivity index is 2.18. The number of nitrogens with one attached hydrogen (secondary N) is 1. The lowest BCUT2D eigenvalue weighted by molar-refractivity contribution is 0.126. The van der Waals surface area contributed by atoms with Crippen molar-refractivity contribution >= 4 is 27.4 Å². The predicted octanol–water partition coefficient (Wildman–Crippen LogP) is 1.42. The van der Waals surface area contributed by atoms with Gasteiger partial charge in [-0.25, -0.2) is 4.98 Å². The Labute approximate surface area is 110 Å². The molecule has 96 valence electrons. The van der Waals surface area contributed by atoms with Crippen molar-refractivity contribution in [3.05, 3.63) is 16.7 Å². The molecule has 0 aliphatic carbocycles. The minimum absolute atomic E-state index is 0.632. The van der Waals surface area contributed by atoms with E-state index in [2.05, 4.69) is 31.1 Å². The second kappa shape index (κ2) is 7.47. The van der Waals surface area contributed by atoms with Crippen molar-refractivity contribution in [2.45, 2.75) is 0 Å². The van der Waals surface area contributed by atoms with E-state index in [1.165, 1.54) is 0 Å². The lowest BCUT2D eigenvalue weighted by Gasteiger charge is -2.11. The van der Waals surface area contributed by atoms with E-state index >= 15 is 0 Å². The van der Waals surface area contributed by atoms with Crippen LogP contribution in [0.4, 0.5) is 11.5 Å². The van der Waals surface area contributed by atoms with Crippen molar-refractivity contribution in [1.29, 1.82) is 0 Å². The molecule has 1 heterocycles. The first kappa shape index (κ1) is 14.2. The monoisotopic (exact) mass is 302 g/mol. The minimum atomic E-state index is 0.632. The van der Waals surface area contributed by atoms with Gasteiger partial charge in [0.2, 0.25) is 0 Å². The van der Waals surface area contributed by atoms with E-state index in [0.29, 0.717) is 24.7 Å². The van der Waals surface area contributed by atoms with Crippen LogP contribution in [0.5, 0.6) is 0 Å². The van der Waals surface area contributed by atoms with Crippen molar-refractivity contribution in [1.82, 2.24) is 9.88 Å². The van der Waals surface area contributed by atoms with Gasteiger partial charge >= 0.3 is 0 Å². The van der Waals surface area contributed by atoms with Gasteiger partial charge in [0.05, 0.1) is 18.9 Å². The van der Waals surface area contributed by atoms with Crippen molar-refractivity contribution in [3.63, 3.8) is 0 Å². The van der Waals surface area contributed by atoms with Gasteiger partial charge in [0.25, 0.3) is 0 Å². The molecular formula is C11H19BrN4O. The highest BCUT2D eigenvalue weighted by Gasteiger charge is 2.00. The number of nitrogens with zero attached hydrogens (tertiary/aromatic N) is 2. The summed E-state index contributed by atoms with van der Waals surface area (Å²) in [7, 11) is 4.04. The molecule has 1 rings (SSSR count). The number of nitrogen functional groups attached to an aromatic ring is 1. The smallest absolute Gasteiger partial charge is 0.149 e. The SMILES string of the molecule is CN(C)CCOCCNc1ncc(Br)cc1N. The zero-order valence-electron chi connectivity index (χ0n) is 10.2. The lowest BCUT2D eigenvalue weighted by Crippen LogP contribution is -2.20. The maximum Gasteiger partial charge on any atom is 0.149 e. The second-order valence-corrected chi connectivity index (χ2v) is 4.85. The zero-order valence-corrected chi connectivity index (χ0v) is 11.8. The number of pyridine rings is 1. The van der Waals surface area contributed by atoms with Crippen molar-refractivity contribution in [2.24, 2.45) is 0 Å². The summed E-state index contributed by atoms with van der Waals surface area (Å²) < 4.78 is 6.33. The maximum absolute atomic E-state index is 5.80. The van der Waals surface area contributed by atoms with Crippen molar-refractivity contribution < 1.29 is 4.74 Å². The van der Waals surface area contributed by atoms with Gasteiger partial charge in [0, 0.05) is 23.8 Å². The molecule has 0 atom stereocenters. The lowest BCUT2D eigenvalue weighted by atomic mass is 10.4. The Kier molecular flexibility index (Phi) is 6.25. The summed E-state index contributed by atoms with van der Waals surface area (Å²) in [6.45, 7) is 3.01. The van der Waals surface area contributed by atoms with E-state index in [0.717, 1.165) is 17.6 Å². The standard InChI is InChI=1S/C11H19BrN4O/c1-16(2)4-6-17-5-3-14-11-10(13)7-9(12)8-15-11/h7-8H,3-6,13H2,1-2H3,(H,14,15). The van der Waals surface area contributed by atoms with Crippen LogP contribution in [-0.4, -0.2) is 50.3 Å². The largest absolute Gasteiger partial charge is 0.396 e. The second-order valence-electron chi connectivity index (χ2n) is 3.93. The molecule has 0 fully saturated rings. The first-order chi connectivity index (χ1) is 8.09. The molecule has 0 bridgehead atoms. The molecule has 0 aliphatic rings. The highest BCUT2D eigenvalue weighted by molar-refractivity contribution is 9.10. The number of aromatic nitrogens is 1. The highest BCUT2D eigenvalue weighted by atomic mass is 79.9. The van der Waals surface area contributed by atoms with Crippen molar-refractivity contribution in [2.75, 3.05) is 51.4 Å². The molecule has 17 heavy (non-hydrogen) atoms. The molecule has 6 heteroatoms. The van der Waals surface area contributed by atoms with E-state index in [9.17, 15) is 0 Å². The average molecular weight is 303 g/mol. The van der Waals surface area contributed by atoms with E-state index in [1.54, 1.807) is 6.20 Å². The van der Waals surface area contributed by atoms with Crippen LogP contribution in [0.2, 0.25) is 0 Å². The van der Waals surface area contributed by atoms with Crippen LogP contribution < -0.4 is 11.1 Å². The molecule has 0 aromatic carbocycles. The summed E-state index contributed by atoms with van der Waals surface area (Å²) in [6.07, 6.45) is 1.71. The van der Waals surface area contributed by atoms with Gasteiger partial charge in [-0.05, 0) is 36.1 Å². The number of nitrogens with two attached hydrogens (primary N) is 1. The minimum Gasteiger partial charge on any atom is -0.396 e. The number of halogens is 1. The molecule has 1 aromatic heterocycles. The van der Waals surface area contributed by atoms with Crippen LogP contribution >= 0.6 is 15.9 Å². The molecule has 1 aromatic rings. The third kappa shape index (κ3) is 5.86. The van der Waals surface area contributed by atoms with Gasteiger partial charge < -0.3 is 20.7 Å². The van der Waals surface area contributed by atoms with E-state index in [-0.39, 0.29) is 0 Å². The Hall–Kier alpha value is -0.850. The van der Waals surface area contributed by atoms with Crippen LogP contribution in [0.3, 0.4) is 0 Å². The maximum atomic E-state index is 5.80. The van der Waals surface area contributed by atoms with Gasteiger partial charge in [-0.1, -0.05) is 0 Å². The third-order valence-electron chi connectivity index (χ3n) is 2.11. The first-order valence-corrected chi connectivity index (χ1v) is 6.26. The van der Waals surface area contributed by atoms with Crippen LogP contribution in [0.1, 0.15) is 0 Å². The third-order valence-corrected chi connectivity index (χ3v) is 2.54. The van der Waals surface area contributed by atoms with E-state index in [4.69, 9.17) is 10.5 Å². The fourth-order valence-corrected chi connectivity index (χ4v) is 1.54. The summed E-state index contributed by atoms with van der Waals surface area (Å²) in [6, 6.07) is 1.82. The molecule has 0 spiro atoms. The number of hydrogen-bond acceptors (Lipinski definition) is 5. The molecule has 0 amide bonds. The van der Waals surface area contributed by atoms with Crippen LogP contribution in [-0.2, 0) is 4.74 Å². The van der Waals surface area contributed by atoms with Gasteiger partial charge in [-0.15, -0.1) is 0 Å². The van der Waals surface area contributed by atoms with Gasteiger partial charge in [0.1, 0.15) is 5.82 Å². The summed E-state index contributed by atoms with van der Waals surface area (Å²) >= 11 is 3.31. The highest BCUT2D eigenvalue weighted by Crippen LogP contribution is 2.19. The topological polar surface area (TPSA) is 63.4 Å². The molecule has 0 saturated carbocycles. The molecule has 0 unspecified atom stereocenters. The van der Waals surface area contributed by atoms with Gasteiger partial charge in [-0.3, -0.25) is 0 Å². The van der Waals surface area contributed by atoms with Crippen LogP contribution in [0.25, 0.3) is 0 Å². The quantitative estimate of drug-likeness (QED) is 0.746. The Bertz CT molecular complexity index is 346. The van der Waals surface area contributed by atoms with Crippen LogP contribution in [0, 0.1) is 0 Å². The molecular weight excluding hydrogens is 284 g/mol. The molecule has 3 N–H and O–H groups in total. The summed E-state index contributed by atoms with van der Waals surface area (Å²) in [5, 5.41) is 3.13. The van der Waals surface area contributed by atoms with Crippen molar-refractivity contribution in [3.8, 4) is 0 Å². The summed E-state index contributed by atoms with van der Waals surface area (Å²) in [4.78, 5) is 6.26.